The third-order valence-electron chi connectivity index (χ3n) is 7.49. The number of carbonyl (C=O) groups is 2. The van der Waals surface area contributed by atoms with Gasteiger partial charge in [0.1, 0.15) is 11.5 Å². The Hall–Kier alpha value is -4.02. The Bertz CT molecular complexity index is 1530. The van der Waals surface area contributed by atoms with Gasteiger partial charge in [-0.25, -0.2) is 0 Å². The highest BCUT2D eigenvalue weighted by atomic mass is 35.5. The van der Waals surface area contributed by atoms with Crippen LogP contribution in [0, 0.1) is 0 Å². The Balaban J connectivity index is 1.09. The summed E-state index contributed by atoms with van der Waals surface area (Å²) in [6.45, 7) is 3.47. The van der Waals surface area contributed by atoms with Crippen LogP contribution >= 0.6 is 23.4 Å². The Labute approximate surface area is 267 Å². The number of aromatic nitrogens is 3. The Morgan fingerprint density at radius 2 is 1.64 bits per heavy atom. The number of halogens is 1. The van der Waals surface area contributed by atoms with Crippen molar-refractivity contribution in [3.63, 3.8) is 0 Å². The first kappa shape index (κ1) is 31.4. The number of methoxy groups -OCH3 is 1. The van der Waals surface area contributed by atoms with Gasteiger partial charge in [-0.05, 0) is 68.3 Å². The largest absolute Gasteiger partial charge is 0.497 e. The summed E-state index contributed by atoms with van der Waals surface area (Å²) in [5, 5.41) is 10.4. The first-order valence-corrected chi connectivity index (χ1v) is 16.0. The fourth-order valence-corrected chi connectivity index (χ4v) is 6.19. The van der Waals surface area contributed by atoms with E-state index in [1.165, 1.54) is 0 Å². The highest BCUT2D eigenvalue weighted by molar-refractivity contribution is 7.99. The average Bonchev–Trinajstić information content (AvgIpc) is 3.48. The molecule has 0 bridgehead atoms. The number of thioether (sulfide) groups is 1. The maximum atomic E-state index is 13.0. The molecule has 0 spiro atoms. The standard InChI is InChI=1S/C33H36ClN5O4S/c1-24-22-37(19-20-38(24)31(41)23-43-29-15-11-26(34)12-16-29)30(40)10-6-7-21-44-33-36-35-32(25-8-4-3-5-9-25)39(33)27-13-17-28(42-2)18-14-27/h3-5,8-9,11-18,24H,6-7,10,19-23H2,1-2H3. The molecule has 1 aromatic heterocycles. The van der Waals surface area contributed by atoms with Gasteiger partial charge >= 0.3 is 0 Å². The number of hydrogen-bond acceptors (Lipinski definition) is 7. The zero-order chi connectivity index (χ0) is 30.9. The molecule has 1 atom stereocenters. The van der Waals surface area contributed by atoms with Crippen LogP contribution in [0.2, 0.25) is 5.02 Å². The molecule has 5 rings (SSSR count). The second-order valence-corrected chi connectivity index (χ2v) is 12.0. The predicted octanol–water partition coefficient (Wildman–Crippen LogP) is 6.00. The van der Waals surface area contributed by atoms with Crippen LogP contribution in [0.4, 0.5) is 0 Å². The first-order valence-electron chi connectivity index (χ1n) is 14.7. The smallest absolute Gasteiger partial charge is 0.260 e. The van der Waals surface area contributed by atoms with Gasteiger partial charge in [-0.2, -0.15) is 0 Å². The summed E-state index contributed by atoms with van der Waals surface area (Å²) in [5.74, 6) is 3.00. The normalized spacial score (nSPS) is 14.8. The number of carbonyl (C=O) groups excluding carboxylic acids is 2. The van der Waals surface area contributed by atoms with Crippen molar-refractivity contribution in [3.05, 3.63) is 83.9 Å². The molecule has 9 nitrogen and oxygen atoms in total. The quantitative estimate of drug-likeness (QED) is 0.140. The van der Waals surface area contributed by atoms with Crippen molar-refractivity contribution >= 4 is 35.2 Å². The molecule has 1 unspecified atom stereocenters. The fraction of sp³-hybridized carbons (Fsp3) is 0.333. The van der Waals surface area contributed by atoms with E-state index in [1.54, 1.807) is 48.0 Å². The molecule has 230 valence electrons. The monoisotopic (exact) mass is 633 g/mol. The van der Waals surface area contributed by atoms with Gasteiger partial charge in [0.25, 0.3) is 5.91 Å². The van der Waals surface area contributed by atoms with Gasteiger partial charge in [-0.15, -0.1) is 10.2 Å². The zero-order valence-corrected chi connectivity index (χ0v) is 26.5. The van der Waals surface area contributed by atoms with Gasteiger partial charge in [-0.1, -0.05) is 53.7 Å². The number of piperazine rings is 1. The molecule has 0 N–H and O–H groups in total. The lowest BCUT2D eigenvalue weighted by atomic mass is 10.1. The van der Waals surface area contributed by atoms with Crippen molar-refractivity contribution in [1.29, 1.82) is 0 Å². The summed E-state index contributed by atoms with van der Waals surface area (Å²) in [5.41, 5.74) is 1.94. The molecule has 3 aromatic carbocycles. The third kappa shape index (κ3) is 7.92. The number of amides is 2. The maximum absolute atomic E-state index is 13.0. The summed E-state index contributed by atoms with van der Waals surface area (Å²) in [6, 6.07) is 24.7. The number of hydrogen-bond donors (Lipinski definition) is 0. The molecule has 2 heterocycles. The molecule has 1 saturated heterocycles. The van der Waals surface area contributed by atoms with Crippen LogP contribution in [-0.2, 0) is 9.59 Å². The van der Waals surface area contributed by atoms with E-state index in [2.05, 4.69) is 14.8 Å². The van der Waals surface area contributed by atoms with Gasteiger partial charge in [-0.3, -0.25) is 14.2 Å². The van der Waals surface area contributed by atoms with E-state index in [9.17, 15) is 9.59 Å². The van der Waals surface area contributed by atoms with E-state index in [-0.39, 0.29) is 24.5 Å². The van der Waals surface area contributed by atoms with E-state index < -0.39 is 0 Å². The van der Waals surface area contributed by atoms with Crippen LogP contribution in [0.25, 0.3) is 17.1 Å². The van der Waals surface area contributed by atoms with E-state index in [4.69, 9.17) is 21.1 Å². The minimum atomic E-state index is -0.0884. The molecular formula is C33H36ClN5O4S. The molecule has 11 heteroatoms. The van der Waals surface area contributed by atoms with Crippen molar-refractivity contribution in [2.45, 2.75) is 37.4 Å². The van der Waals surface area contributed by atoms with Crippen molar-refractivity contribution in [3.8, 4) is 28.6 Å². The van der Waals surface area contributed by atoms with Crippen LogP contribution in [0.5, 0.6) is 11.5 Å². The van der Waals surface area contributed by atoms with Crippen molar-refractivity contribution in [1.82, 2.24) is 24.6 Å². The van der Waals surface area contributed by atoms with Crippen LogP contribution in [0.3, 0.4) is 0 Å². The molecule has 0 aliphatic carbocycles. The van der Waals surface area contributed by atoms with E-state index in [0.717, 1.165) is 46.6 Å². The molecule has 2 amide bonds. The third-order valence-corrected chi connectivity index (χ3v) is 8.76. The Kier molecular flexibility index (Phi) is 10.8. The summed E-state index contributed by atoms with van der Waals surface area (Å²) in [7, 11) is 1.65. The second-order valence-electron chi connectivity index (χ2n) is 10.5. The second kappa shape index (κ2) is 15.1. The maximum Gasteiger partial charge on any atom is 0.260 e. The SMILES string of the molecule is COc1ccc(-n2c(SCCCCC(=O)N3CCN(C(=O)COc4ccc(Cl)cc4)C(C)C3)nnc2-c2ccccc2)cc1. The highest BCUT2D eigenvalue weighted by Gasteiger charge is 2.29. The number of ether oxygens (including phenoxy) is 2. The Morgan fingerprint density at radius 1 is 0.909 bits per heavy atom. The molecule has 0 saturated carbocycles. The molecule has 0 radical (unpaired) electrons. The average molecular weight is 634 g/mol. The van der Waals surface area contributed by atoms with E-state index >= 15 is 0 Å². The fourth-order valence-electron chi connectivity index (χ4n) is 5.11. The first-order chi connectivity index (χ1) is 21.4. The number of nitrogens with zero attached hydrogens (tertiary/aromatic N) is 5. The van der Waals surface area contributed by atoms with E-state index in [0.29, 0.717) is 36.8 Å². The number of unbranched alkanes of at least 4 members (excludes halogenated alkanes) is 1. The summed E-state index contributed by atoms with van der Waals surface area (Å²) >= 11 is 7.54. The van der Waals surface area contributed by atoms with Gasteiger partial charge < -0.3 is 19.3 Å². The van der Waals surface area contributed by atoms with Crippen LogP contribution in [0.1, 0.15) is 26.2 Å². The molecule has 4 aromatic rings. The lowest BCUT2D eigenvalue weighted by Crippen LogP contribution is -2.56. The lowest BCUT2D eigenvalue weighted by molar-refractivity contribution is -0.143. The summed E-state index contributed by atoms with van der Waals surface area (Å²) < 4.78 is 13.0. The topological polar surface area (TPSA) is 89.8 Å². The van der Waals surface area contributed by atoms with Gasteiger partial charge in [0.05, 0.1) is 7.11 Å². The number of benzene rings is 3. The van der Waals surface area contributed by atoms with Gasteiger partial charge in [0, 0.05) is 54.1 Å². The van der Waals surface area contributed by atoms with Gasteiger partial charge in [0.2, 0.25) is 5.91 Å². The minimum Gasteiger partial charge on any atom is -0.497 e. The van der Waals surface area contributed by atoms with Gasteiger partial charge in [0.15, 0.2) is 17.6 Å². The van der Waals surface area contributed by atoms with Crippen LogP contribution in [-0.4, -0.2) is 81.5 Å². The molecule has 1 fully saturated rings. The molecule has 1 aliphatic rings. The summed E-state index contributed by atoms with van der Waals surface area (Å²) in [6.07, 6.45) is 2.11. The number of rotatable bonds is 12. The van der Waals surface area contributed by atoms with Crippen LogP contribution in [0.15, 0.2) is 84.0 Å². The van der Waals surface area contributed by atoms with E-state index in [1.807, 2.05) is 66.4 Å². The van der Waals surface area contributed by atoms with Crippen LogP contribution < -0.4 is 9.47 Å². The van der Waals surface area contributed by atoms with Crippen molar-refractivity contribution in [2.75, 3.05) is 39.1 Å². The molecular weight excluding hydrogens is 598 g/mol. The molecule has 1 aliphatic heterocycles. The Morgan fingerprint density at radius 3 is 2.34 bits per heavy atom. The minimum absolute atomic E-state index is 0.0450. The van der Waals surface area contributed by atoms with Crippen molar-refractivity contribution < 1.29 is 19.1 Å². The van der Waals surface area contributed by atoms with Crippen molar-refractivity contribution in [2.24, 2.45) is 0 Å². The predicted molar refractivity (Wildman–Crippen MR) is 173 cm³/mol. The molecule has 44 heavy (non-hydrogen) atoms. The zero-order valence-electron chi connectivity index (χ0n) is 24.9. The summed E-state index contributed by atoms with van der Waals surface area (Å²) in [4.78, 5) is 29.4. The lowest BCUT2D eigenvalue weighted by Gasteiger charge is -2.40. The highest BCUT2D eigenvalue weighted by Crippen LogP contribution is 2.29.